The van der Waals surface area contributed by atoms with Crippen molar-refractivity contribution in [2.75, 3.05) is 10.5 Å². The molecule has 18 heavy (non-hydrogen) atoms. The molecule has 0 aliphatic rings. The quantitative estimate of drug-likeness (QED) is 0.748. The van der Waals surface area contributed by atoms with Crippen molar-refractivity contribution in [2.24, 2.45) is 0 Å². The summed E-state index contributed by atoms with van der Waals surface area (Å²) in [5.41, 5.74) is 6.46. The molecule has 0 saturated heterocycles. The molecular weight excluding hydrogens is 276 g/mol. The molecule has 0 aliphatic heterocycles. The lowest BCUT2D eigenvalue weighted by atomic mass is 10.2. The fourth-order valence-electron chi connectivity index (χ4n) is 1.43. The van der Waals surface area contributed by atoms with Crippen molar-refractivity contribution >= 4 is 33.3 Å². The van der Waals surface area contributed by atoms with Gasteiger partial charge in [0.15, 0.2) is 0 Å². The molecule has 4 N–H and O–H groups in total. The summed E-state index contributed by atoms with van der Waals surface area (Å²) in [6, 6.07) is 2.75. The van der Waals surface area contributed by atoms with Gasteiger partial charge in [-0.1, -0.05) is 11.6 Å². The van der Waals surface area contributed by atoms with Gasteiger partial charge in [0.25, 0.3) is 10.0 Å². The first-order valence-electron chi connectivity index (χ1n) is 4.98. The standard InChI is InChI=1S/C10H11ClN4O2S/c1-6-4-7(5-8(12)9(6)11)18(16,17)15-10-13-2-3-14-10/h2-5H,12H2,1H3,(H2,13,14,15). The highest BCUT2D eigenvalue weighted by atomic mass is 35.5. The number of aromatic amines is 1. The van der Waals surface area contributed by atoms with Gasteiger partial charge in [-0.3, -0.25) is 0 Å². The highest BCUT2D eigenvalue weighted by Gasteiger charge is 2.17. The molecule has 1 aromatic heterocycles. The van der Waals surface area contributed by atoms with Crippen LogP contribution in [0.5, 0.6) is 0 Å². The van der Waals surface area contributed by atoms with Gasteiger partial charge < -0.3 is 10.7 Å². The first-order chi connectivity index (χ1) is 8.40. The van der Waals surface area contributed by atoms with Crippen LogP contribution in [0.3, 0.4) is 0 Å². The predicted molar refractivity (Wildman–Crippen MR) is 70.0 cm³/mol. The Morgan fingerprint density at radius 2 is 2.17 bits per heavy atom. The summed E-state index contributed by atoms with van der Waals surface area (Å²) >= 11 is 5.88. The number of anilines is 2. The maximum atomic E-state index is 12.0. The van der Waals surface area contributed by atoms with E-state index in [4.69, 9.17) is 17.3 Å². The summed E-state index contributed by atoms with van der Waals surface area (Å²) in [4.78, 5) is 6.47. The SMILES string of the molecule is Cc1cc(S(=O)(=O)Nc2ncc[nH]2)cc(N)c1Cl. The van der Waals surface area contributed by atoms with E-state index >= 15 is 0 Å². The molecule has 0 fully saturated rings. The van der Waals surface area contributed by atoms with Crippen LogP contribution < -0.4 is 10.5 Å². The van der Waals surface area contributed by atoms with Gasteiger partial charge in [-0.15, -0.1) is 0 Å². The fraction of sp³-hybridized carbons (Fsp3) is 0.100. The highest BCUT2D eigenvalue weighted by Crippen LogP contribution is 2.27. The second-order valence-corrected chi connectivity index (χ2v) is 5.75. The number of hydrogen-bond acceptors (Lipinski definition) is 4. The van der Waals surface area contributed by atoms with Crippen LogP contribution in [-0.2, 0) is 10.0 Å². The summed E-state index contributed by atoms with van der Waals surface area (Å²) < 4.78 is 26.4. The number of aromatic nitrogens is 2. The van der Waals surface area contributed by atoms with Crippen molar-refractivity contribution in [1.82, 2.24) is 9.97 Å². The maximum absolute atomic E-state index is 12.0. The van der Waals surface area contributed by atoms with Crippen molar-refractivity contribution in [3.63, 3.8) is 0 Å². The maximum Gasteiger partial charge on any atom is 0.264 e. The average Bonchev–Trinajstić information content (AvgIpc) is 2.77. The van der Waals surface area contributed by atoms with E-state index in [0.717, 1.165) is 0 Å². The molecule has 8 heteroatoms. The first kappa shape index (κ1) is 12.7. The van der Waals surface area contributed by atoms with E-state index in [1.54, 1.807) is 6.92 Å². The third-order valence-electron chi connectivity index (χ3n) is 2.30. The summed E-state index contributed by atoms with van der Waals surface area (Å²) in [6.07, 6.45) is 2.96. The van der Waals surface area contributed by atoms with Gasteiger partial charge in [-0.25, -0.2) is 18.1 Å². The minimum Gasteiger partial charge on any atom is -0.397 e. The molecule has 0 radical (unpaired) electrons. The van der Waals surface area contributed by atoms with Crippen LogP contribution in [0.25, 0.3) is 0 Å². The van der Waals surface area contributed by atoms with Crippen LogP contribution in [0, 0.1) is 6.92 Å². The van der Waals surface area contributed by atoms with E-state index in [-0.39, 0.29) is 16.5 Å². The number of benzene rings is 1. The Labute approximate surface area is 109 Å². The van der Waals surface area contributed by atoms with Crippen LogP contribution in [0.2, 0.25) is 5.02 Å². The van der Waals surface area contributed by atoms with Gasteiger partial charge >= 0.3 is 0 Å². The Bertz CT molecular complexity index is 644. The molecule has 1 heterocycles. The Balaban J connectivity index is 2.42. The third-order valence-corrected chi connectivity index (χ3v) is 4.13. The lowest BCUT2D eigenvalue weighted by Gasteiger charge is -2.09. The van der Waals surface area contributed by atoms with Crippen molar-refractivity contribution in [1.29, 1.82) is 0 Å². The van der Waals surface area contributed by atoms with Crippen molar-refractivity contribution < 1.29 is 8.42 Å². The van der Waals surface area contributed by atoms with Gasteiger partial charge in [0.05, 0.1) is 15.6 Å². The zero-order chi connectivity index (χ0) is 13.3. The summed E-state index contributed by atoms with van der Waals surface area (Å²) in [6.45, 7) is 1.69. The van der Waals surface area contributed by atoms with Gasteiger partial charge in [0.1, 0.15) is 0 Å². The zero-order valence-corrected chi connectivity index (χ0v) is 11.0. The molecule has 2 aromatic rings. The number of nitrogens with two attached hydrogens (primary N) is 1. The van der Waals surface area contributed by atoms with Crippen molar-refractivity contribution in [3.05, 3.63) is 35.1 Å². The largest absolute Gasteiger partial charge is 0.397 e. The number of nitrogen functional groups attached to an aromatic ring is 1. The monoisotopic (exact) mass is 286 g/mol. The van der Waals surface area contributed by atoms with Crippen molar-refractivity contribution in [2.45, 2.75) is 11.8 Å². The minimum absolute atomic E-state index is 0.0401. The number of halogens is 1. The third kappa shape index (κ3) is 2.41. The number of sulfonamides is 1. The number of H-pyrrole nitrogens is 1. The van der Waals surface area contributed by atoms with Crippen LogP contribution in [0.4, 0.5) is 11.6 Å². The smallest absolute Gasteiger partial charge is 0.264 e. The topological polar surface area (TPSA) is 101 Å². The Morgan fingerprint density at radius 3 is 2.72 bits per heavy atom. The number of imidazole rings is 1. The lowest BCUT2D eigenvalue weighted by Crippen LogP contribution is -2.14. The number of rotatable bonds is 3. The van der Waals surface area contributed by atoms with E-state index < -0.39 is 10.0 Å². The predicted octanol–water partition coefficient (Wildman–Crippen LogP) is 1.75. The fourth-order valence-corrected chi connectivity index (χ4v) is 2.63. The Kier molecular flexibility index (Phi) is 3.18. The van der Waals surface area contributed by atoms with Gasteiger partial charge in [-0.2, -0.15) is 0 Å². The molecule has 1 aromatic carbocycles. The highest BCUT2D eigenvalue weighted by molar-refractivity contribution is 7.92. The zero-order valence-electron chi connectivity index (χ0n) is 9.44. The molecule has 0 unspecified atom stereocenters. The molecule has 0 saturated carbocycles. The van der Waals surface area contributed by atoms with Gasteiger partial charge in [-0.05, 0) is 24.6 Å². The average molecular weight is 287 g/mol. The van der Waals surface area contributed by atoms with Crippen LogP contribution >= 0.6 is 11.6 Å². The molecule has 6 nitrogen and oxygen atoms in total. The normalized spacial score (nSPS) is 11.4. The van der Waals surface area contributed by atoms with Crippen LogP contribution in [0.15, 0.2) is 29.4 Å². The van der Waals surface area contributed by atoms with Crippen LogP contribution in [0.1, 0.15) is 5.56 Å². The second kappa shape index (κ2) is 4.51. The Hall–Kier alpha value is -1.73. The van der Waals surface area contributed by atoms with Crippen LogP contribution in [-0.4, -0.2) is 18.4 Å². The van der Waals surface area contributed by atoms with E-state index in [0.29, 0.717) is 10.6 Å². The molecule has 0 aliphatic carbocycles. The number of nitrogens with zero attached hydrogens (tertiary/aromatic N) is 1. The number of aryl methyl sites for hydroxylation is 1. The summed E-state index contributed by atoms with van der Waals surface area (Å²) in [5.74, 6) is 0.140. The molecule has 96 valence electrons. The van der Waals surface area contributed by atoms with Crippen molar-refractivity contribution in [3.8, 4) is 0 Å². The molecule has 0 amide bonds. The van der Waals surface area contributed by atoms with E-state index in [9.17, 15) is 8.42 Å². The second-order valence-electron chi connectivity index (χ2n) is 3.69. The van der Waals surface area contributed by atoms with Gasteiger partial charge in [0, 0.05) is 12.4 Å². The first-order valence-corrected chi connectivity index (χ1v) is 6.84. The number of nitrogens with one attached hydrogen (secondary N) is 2. The molecule has 2 rings (SSSR count). The summed E-state index contributed by atoms with van der Waals surface area (Å²) in [7, 11) is -3.73. The minimum atomic E-state index is -3.73. The van der Waals surface area contributed by atoms with E-state index in [1.165, 1.54) is 24.5 Å². The van der Waals surface area contributed by atoms with Gasteiger partial charge in [0.2, 0.25) is 5.95 Å². The lowest BCUT2D eigenvalue weighted by molar-refractivity contribution is 0.601. The van der Waals surface area contributed by atoms with E-state index in [2.05, 4.69) is 14.7 Å². The molecule has 0 bridgehead atoms. The molecule has 0 spiro atoms. The molecular formula is C10H11ClN4O2S. The molecule has 0 atom stereocenters. The summed E-state index contributed by atoms with van der Waals surface area (Å²) in [5, 5.41) is 0.354. The number of hydrogen-bond donors (Lipinski definition) is 3. The van der Waals surface area contributed by atoms with E-state index in [1.807, 2.05) is 0 Å². The Morgan fingerprint density at radius 1 is 1.44 bits per heavy atom.